The summed E-state index contributed by atoms with van der Waals surface area (Å²) in [4.78, 5) is 3.90. The highest BCUT2D eigenvalue weighted by molar-refractivity contribution is 7.92. The Morgan fingerprint density at radius 1 is 1.25 bits per heavy atom. The molecule has 0 aliphatic carbocycles. The predicted molar refractivity (Wildman–Crippen MR) is 71.3 cm³/mol. The van der Waals surface area contributed by atoms with Crippen LogP contribution in [-0.2, 0) is 10.0 Å². The van der Waals surface area contributed by atoms with Crippen LogP contribution < -0.4 is 4.72 Å². The summed E-state index contributed by atoms with van der Waals surface area (Å²) in [5.41, 5.74) is 1.16. The van der Waals surface area contributed by atoms with Crippen molar-refractivity contribution in [3.05, 3.63) is 49.2 Å². The number of nitrogens with one attached hydrogen (secondary N) is 2. The summed E-state index contributed by atoms with van der Waals surface area (Å²) in [6, 6.07) is 6.84. The SMILES string of the molecule is O=S(=O)(Nc1cccc(-c2cnco2)c1)c1cn[nH]c1. The van der Waals surface area contributed by atoms with Gasteiger partial charge in [-0.2, -0.15) is 5.10 Å². The fourth-order valence-corrected chi connectivity index (χ4v) is 2.65. The van der Waals surface area contributed by atoms with Gasteiger partial charge in [0, 0.05) is 17.4 Å². The molecule has 0 aliphatic rings. The molecule has 0 aliphatic heterocycles. The Bertz CT molecular complexity index is 795. The summed E-state index contributed by atoms with van der Waals surface area (Å²) in [7, 11) is -3.65. The smallest absolute Gasteiger partial charge is 0.265 e. The van der Waals surface area contributed by atoms with E-state index >= 15 is 0 Å². The summed E-state index contributed by atoms with van der Waals surface area (Å²) < 4.78 is 31.8. The number of oxazole rings is 1. The lowest BCUT2D eigenvalue weighted by Crippen LogP contribution is -2.12. The maximum absolute atomic E-state index is 12.1. The van der Waals surface area contributed by atoms with Crippen molar-refractivity contribution in [3.63, 3.8) is 0 Å². The first-order valence-electron chi connectivity index (χ1n) is 5.66. The van der Waals surface area contributed by atoms with Crippen LogP contribution in [0.4, 0.5) is 5.69 Å². The number of anilines is 1. The van der Waals surface area contributed by atoms with Crippen molar-refractivity contribution in [3.8, 4) is 11.3 Å². The molecular formula is C12H10N4O3S. The fraction of sp³-hybridized carbons (Fsp3) is 0. The highest BCUT2D eigenvalue weighted by Crippen LogP contribution is 2.23. The molecule has 0 fully saturated rings. The maximum Gasteiger partial charge on any atom is 0.265 e. The van der Waals surface area contributed by atoms with Crippen LogP contribution in [0.1, 0.15) is 0 Å². The molecule has 3 aromatic rings. The molecule has 0 radical (unpaired) electrons. The van der Waals surface area contributed by atoms with E-state index < -0.39 is 10.0 Å². The van der Waals surface area contributed by atoms with E-state index in [0.717, 1.165) is 5.56 Å². The molecule has 0 bridgehead atoms. The Morgan fingerprint density at radius 2 is 2.15 bits per heavy atom. The second-order valence-electron chi connectivity index (χ2n) is 3.99. The van der Waals surface area contributed by atoms with Crippen LogP contribution >= 0.6 is 0 Å². The Hall–Kier alpha value is -2.61. The van der Waals surface area contributed by atoms with Gasteiger partial charge in [0.25, 0.3) is 10.0 Å². The second kappa shape index (κ2) is 4.82. The van der Waals surface area contributed by atoms with Gasteiger partial charge in [0.1, 0.15) is 4.90 Å². The van der Waals surface area contributed by atoms with Gasteiger partial charge >= 0.3 is 0 Å². The number of nitrogens with zero attached hydrogens (tertiary/aromatic N) is 2. The first-order valence-corrected chi connectivity index (χ1v) is 7.14. The van der Waals surface area contributed by atoms with Gasteiger partial charge in [0.15, 0.2) is 12.2 Å². The fourth-order valence-electron chi connectivity index (χ4n) is 1.69. The Labute approximate surface area is 114 Å². The lowest BCUT2D eigenvalue weighted by Gasteiger charge is -2.07. The van der Waals surface area contributed by atoms with Crippen LogP contribution in [0.3, 0.4) is 0 Å². The molecule has 102 valence electrons. The molecule has 0 amide bonds. The molecule has 0 spiro atoms. The van der Waals surface area contributed by atoms with Gasteiger partial charge in [0.2, 0.25) is 0 Å². The molecule has 20 heavy (non-hydrogen) atoms. The van der Waals surface area contributed by atoms with E-state index in [1.165, 1.54) is 18.8 Å². The zero-order valence-electron chi connectivity index (χ0n) is 10.1. The zero-order valence-corrected chi connectivity index (χ0v) is 11.0. The summed E-state index contributed by atoms with van der Waals surface area (Å²) in [6.45, 7) is 0. The van der Waals surface area contributed by atoms with Gasteiger partial charge in [-0.1, -0.05) is 12.1 Å². The van der Waals surface area contributed by atoms with Crippen LogP contribution in [0.2, 0.25) is 0 Å². The summed E-state index contributed by atoms with van der Waals surface area (Å²) in [6.07, 6.45) is 5.42. The molecule has 8 heteroatoms. The van der Waals surface area contributed by atoms with Crippen molar-refractivity contribution in [2.24, 2.45) is 0 Å². The topological polar surface area (TPSA) is 101 Å². The normalized spacial score (nSPS) is 11.4. The zero-order chi connectivity index (χ0) is 14.0. The van der Waals surface area contributed by atoms with E-state index in [4.69, 9.17) is 4.42 Å². The molecule has 0 unspecified atom stereocenters. The Kier molecular flexibility index (Phi) is 2.99. The Morgan fingerprint density at radius 3 is 2.85 bits per heavy atom. The highest BCUT2D eigenvalue weighted by atomic mass is 32.2. The number of rotatable bonds is 4. The molecule has 0 saturated heterocycles. The molecule has 2 heterocycles. The quantitative estimate of drug-likeness (QED) is 0.763. The standard InChI is InChI=1S/C12H10N4O3S/c17-20(18,11-5-14-15-6-11)16-10-3-1-2-9(4-10)12-7-13-8-19-12/h1-8,16H,(H,14,15). The summed E-state index contributed by atoms with van der Waals surface area (Å²) in [5.74, 6) is 0.564. The Balaban J connectivity index is 1.91. The molecule has 7 nitrogen and oxygen atoms in total. The largest absolute Gasteiger partial charge is 0.444 e. The summed E-state index contributed by atoms with van der Waals surface area (Å²) >= 11 is 0. The van der Waals surface area contributed by atoms with Gasteiger partial charge < -0.3 is 4.42 Å². The highest BCUT2D eigenvalue weighted by Gasteiger charge is 2.15. The van der Waals surface area contributed by atoms with Gasteiger partial charge in [-0.3, -0.25) is 9.82 Å². The van der Waals surface area contributed by atoms with Crippen molar-refractivity contribution in [2.45, 2.75) is 4.90 Å². The lowest BCUT2D eigenvalue weighted by atomic mass is 10.2. The number of aromatic amines is 1. The van der Waals surface area contributed by atoms with E-state index in [-0.39, 0.29) is 4.90 Å². The minimum Gasteiger partial charge on any atom is -0.444 e. The number of aromatic nitrogens is 3. The van der Waals surface area contributed by atoms with Crippen LogP contribution in [-0.4, -0.2) is 23.6 Å². The minimum absolute atomic E-state index is 0.0718. The van der Waals surface area contributed by atoms with Crippen LogP contribution in [0.25, 0.3) is 11.3 Å². The van der Waals surface area contributed by atoms with Crippen molar-refractivity contribution >= 4 is 15.7 Å². The van der Waals surface area contributed by atoms with Gasteiger partial charge in [0.05, 0.1) is 12.4 Å². The van der Waals surface area contributed by atoms with E-state index in [9.17, 15) is 8.42 Å². The van der Waals surface area contributed by atoms with Crippen molar-refractivity contribution in [1.29, 1.82) is 0 Å². The number of hydrogen-bond acceptors (Lipinski definition) is 5. The van der Waals surface area contributed by atoms with E-state index in [1.54, 1.807) is 30.5 Å². The van der Waals surface area contributed by atoms with E-state index in [2.05, 4.69) is 19.9 Å². The number of sulfonamides is 1. The predicted octanol–water partition coefficient (Wildman–Crippen LogP) is 1.87. The molecule has 0 saturated carbocycles. The van der Waals surface area contributed by atoms with E-state index in [0.29, 0.717) is 11.4 Å². The van der Waals surface area contributed by atoms with E-state index in [1.807, 2.05) is 0 Å². The van der Waals surface area contributed by atoms with Gasteiger partial charge in [-0.15, -0.1) is 0 Å². The molecule has 3 rings (SSSR count). The third-order valence-corrected chi connectivity index (χ3v) is 3.96. The number of hydrogen-bond donors (Lipinski definition) is 2. The first-order chi connectivity index (χ1) is 9.65. The van der Waals surface area contributed by atoms with Crippen LogP contribution in [0.5, 0.6) is 0 Å². The van der Waals surface area contributed by atoms with Crippen molar-refractivity contribution in [1.82, 2.24) is 15.2 Å². The molecule has 0 atom stereocenters. The average Bonchev–Trinajstić information content (AvgIpc) is 3.12. The third kappa shape index (κ3) is 2.41. The third-order valence-electron chi connectivity index (χ3n) is 2.62. The maximum atomic E-state index is 12.1. The van der Waals surface area contributed by atoms with Gasteiger partial charge in [-0.05, 0) is 12.1 Å². The van der Waals surface area contributed by atoms with Crippen LogP contribution in [0, 0.1) is 0 Å². The molecule has 2 aromatic heterocycles. The van der Waals surface area contributed by atoms with Crippen molar-refractivity contribution < 1.29 is 12.8 Å². The monoisotopic (exact) mass is 290 g/mol. The minimum atomic E-state index is -3.65. The molecule has 2 N–H and O–H groups in total. The van der Waals surface area contributed by atoms with Gasteiger partial charge in [-0.25, -0.2) is 13.4 Å². The summed E-state index contributed by atoms with van der Waals surface area (Å²) in [5, 5.41) is 6.08. The average molecular weight is 290 g/mol. The number of H-pyrrole nitrogens is 1. The second-order valence-corrected chi connectivity index (χ2v) is 5.67. The van der Waals surface area contributed by atoms with Crippen molar-refractivity contribution in [2.75, 3.05) is 4.72 Å². The number of benzene rings is 1. The first kappa shape index (κ1) is 12.4. The molecule has 1 aromatic carbocycles. The molecular weight excluding hydrogens is 280 g/mol. The van der Waals surface area contributed by atoms with Crippen LogP contribution in [0.15, 0.2) is 58.6 Å². The lowest BCUT2D eigenvalue weighted by molar-refractivity contribution is 0.572.